The quantitative estimate of drug-likeness (QED) is 0.663. The standard InChI is InChI=1S/C16H15ClN2S/c1-11(9-12-5-3-2-4-6-12)19-15-8-7-13(17)10-14(15)18-16(19)20/h2-8,10-11H,9H2,1H3,(H,18,20). The topological polar surface area (TPSA) is 20.7 Å². The molecule has 102 valence electrons. The summed E-state index contributed by atoms with van der Waals surface area (Å²) in [6.07, 6.45) is 0.949. The second-order valence-corrected chi connectivity index (χ2v) is 5.82. The lowest BCUT2D eigenvalue weighted by molar-refractivity contribution is 0.553. The van der Waals surface area contributed by atoms with E-state index in [2.05, 4.69) is 40.7 Å². The van der Waals surface area contributed by atoms with Crippen LogP contribution in [0.5, 0.6) is 0 Å². The van der Waals surface area contributed by atoms with Crippen LogP contribution in [0.3, 0.4) is 0 Å². The third-order valence-electron chi connectivity index (χ3n) is 3.49. The molecule has 20 heavy (non-hydrogen) atoms. The zero-order valence-electron chi connectivity index (χ0n) is 11.1. The molecule has 1 aromatic heterocycles. The first-order chi connectivity index (χ1) is 9.65. The van der Waals surface area contributed by atoms with Crippen molar-refractivity contribution in [2.45, 2.75) is 19.4 Å². The van der Waals surface area contributed by atoms with E-state index in [0.717, 1.165) is 27.2 Å². The van der Waals surface area contributed by atoms with Crippen LogP contribution in [0.15, 0.2) is 48.5 Å². The Morgan fingerprint density at radius 3 is 2.70 bits per heavy atom. The summed E-state index contributed by atoms with van der Waals surface area (Å²) in [7, 11) is 0. The van der Waals surface area contributed by atoms with Crippen molar-refractivity contribution in [2.24, 2.45) is 0 Å². The highest BCUT2D eigenvalue weighted by Crippen LogP contribution is 2.24. The molecule has 0 aliphatic rings. The summed E-state index contributed by atoms with van der Waals surface area (Å²) in [5.74, 6) is 0. The van der Waals surface area contributed by atoms with Crippen molar-refractivity contribution in [3.63, 3.8) is 0 Å². The molecule has 0 bridgehead atoms. The molecule has 0 saturated heterocycles. The van der Waals surface area contributed by atoms with Gasteiger partial charge in [-0.05, 0) is 49.3 Å². The van der Waals surface area contributed by atoms with Crippen LogP contribution in [0.2, 0.25) is 5.02 Å². The molecule has 1 N–H and O–H groups in total. The van der Waals surface area contributed by atoms with E-state index in [9.17, 15) is 0 Å². The molecule has 0 aliphatic carbocycles. The lowest BCUT2D eigenvalue weighted by Gasteiger charge is -2.14. The van der Waals surface area contributed by atoms with Gasteiger partial charge in [-0.1, -0.05) is 41.9 Å². The number of halogens is 1. The minimum Gasteiger partial charge on any atom is -0.331 e. The summed E-state index contributed by atoms with van der Waals surface area (Å²) in [4.78, 5) is 3.23. The van der Waals surface area contributed by atoms with E-state index in [4.69, 9.17) is 23.8 Å². The van der Waals surface area contributed by atoms with E-state index >= 15 is 0 Å². The number of hydrogen-bond acceptors (Lipinski definition) is 1. The van der Waals surface area contributed by atoms with Crippen molar-refractivity contribution in [3.8, 4) is 0 Å². The number of nitrogens with one attached hydrogen (secondary N) is 1. The Labute approximate surface area is 128 Å². The van der Waals surface area contributed by atoms with E-state index in [0.29, 0.717) is 6.04 Å². The van der Waals surface area contributed by atoms with Crippen LogP contribution in [0, 0.1) is 4.77 Å². The Balaban J connectivity index is 2.01. The van der Waals surface area contributed by atoms with Crippen LogP contribution in [-0.4, -0.2) is 9.55 Å². The fourth-order valence-corrected chi connectivity index (χ4v) is 3.15. The number of imidazole rings is 1. The summed E-state index contributed by atoms with van der Waals surface area (Å²) in [6.45, 7) is 2.19. The SMILES string of the molecule is CC(Cc1ccccc1)n1c(=S)[nH]c2cc(Cl)ccc21. The van der Waals surface area contributed by atoms with Crippen LogP contribution in [0.1, 0.15) is 18.5 Å². The maximum absolute atomic E-state index is 6.03. The van der Waals surface area contributed by atoms with Gasteiger partial charge in [-0.25, -0.2) is 0 Å². The highest BCUT2D eigenvalue weighted by atomic mass is 35.5. The fraction of sp³-hybridized carbons (Fsp3) is 0.188. The summed E-state index contributed by atoms with van der Waals surface area (Å²) >= 11 is 11.5. The Morgan fingerprint density at radius 2 is 1.95 bits per heavy atom. The normalized spacial score (nSPS) is 12.7. The van der Waals surface area contributed by atoms with Gasteiger partial charge in [0.15, 0.2) is 4.77 Å². The number of benzene rings is 2. The molecule has 4 heteroatoms. The molecule has 3 aromatic rings. The number of rotatable bonds is 3. The Kier molecular flexibility index (Phi) is 3.64. The fourth-order valence-electron chi connectivity index (χ4n) is 2.59. The Bertz CT molecular complexity index is 789. The van der Waals surface area contributed by atoms with Crippen LogP contribution in [0.4, 0.5) is 0 Å². The number of aromatic amines is 1. The van der Waals surface area contributed by atoms with E-state index < -0.39 is 0 Å². The van der Waals surface area contributed by atoms with Gasteiger partial charge >= 0.3 is 0 Å². The highest BCUT2D eigenvalue weighted by molar-refractivity contribution is 7.71. The molecule has 2 nitrogen and oxygen atoms in total. The second kappa shape index (κ2) is 5.43. The first-order valence-electron chi connectivity index (χ1n) is 6.59. The molecular weight excluding hydrogens is 288 g/mol. The summed E-state index contributed by atoms with van der Waals surface area (Å²) in [6, 6.07) is 16.6. The molecule has 3 rings (SSSR count). The second-order valence-electron chi connectivity index (χ2n) is 5.00. The maximum Gasteiger partial charge on any atom is 0.178 e. The Morgan fingerprint density at radius 1 is 1.20 bits per heavy atom. The van der Waals surface area contributed by atoms with Gasteiger partial charge in [-0.2, -0.15) is 0 Å². The van der Waals surface area contributed by atoms with Crippen LogP contribution < -0.4 is 0 Å². The van der Waals surface area contributed by atoms with Gasteiger partial charge in [0.1, 0.15) is 0 Å². The molecule has 0 saturated carbocycles. The van der Waals surface area contributed by atoms with Crippen molar-refractivity contribution in [3.05, 3.63) is 63.9 Å². The predicted molar refractivity (Wildman–Crippen MR) is 87.0 cm³/mol. The number of fused-ring (bicyclic) bond motifs is 1. The van der Waals surface area contributed by atoms with Gasteiger partial charge in [-0.3, -0.25) is 0 Å². The van der Waals surface area contributed by atoms with E-state index in [1.807, 2.05) is 24.3 Å². The first-order valence-corrected chi connectivity index (χ1v) is 7.37. The summed E-state index contributed by atoms with van der Waals surface area (Å²) < 4.78 is 2.90. The molecule has 0 amide bonds. The van der Waals surface area contributed by atoms with Crippen LogP contribution in [-0.2, 0) is 6.42 Å². The molecule has 0 fully saturated rings. The predicted octanol–water partition coefficient (Wildman–Crippen LogP) is 5.16. The monoisotopic (exact) mass is 302 g/mol. The number of H-pyrrole nitrogens is 1. The van der Waals surface area contributed by atoms with Gasteiger partial charge in [0, 0.05) is 11.1 Å². The van der Waals surface area contributed by atoms with Crippen LogP contribution >= 0.6 is 23.8 Å². The minimum atomic E-state index is 0.292. The van der Waals surface area contributed by atoms with Gasteiger partial charge in [0.25, 0.3) is 0 Å². The van der Waals surface area contributed by atoms with Gasteiger partial charge < -0.3 is 9.55 Å². The van der Waals surface area contributed by atoms with Crippen molar-refractivity contribution >= 4 is 34.9 Å². The molecule has 0 spiro atoms. The Hall–Kier alpha value is -1.58. The molecule has 1 unspecified atom stereocenters. The van der Waals surface area contributed by atoms with Crippen molar-refractivity contribution in [1.29, 1.82) is 0 Å². The van der Waals surface area contributed by atoms with Gasteiger partial charge in [0.2, 0.25) is 0 Å². The summed E-state index contributed by atoms with van der Waals surface area (Å²) in [5, 5.41) is 0.719. The lowest BCUT2D eigenvalue weighted by atomic mass is 10.1. The maximum atomic E-state index is 6.03. The zero-order chi connectivity index (χ0) is 14.1. The number of nitrogens with zero attached hydrogens (tertiary/aromatic N) is 1. The molecule has 1 heterocycles. The largest absolute Gasteiger partial charge is 0.331 e. The number of aromatic nitrogens is 2. The van der Waals surface area contributed by atoms with Crippen LogP contribution in [0.25, 0.3) is 11.0 Å². The summed E-state index contributed by atoms with van der Waals surface area (Å²) in [5.41, 5.74) is 3.40. The number of hydrogen-bond donors (Lipinski definition) is 1. The average molecular weight is 303 g/mol. The molecule has 0 aliphatic heterocycles. The third kappa shape index (κ3) is 2.51. The smallest absolute Gasteiger partial charge is 0.178 e. The average Bonchev–Trinajstić information content (AvgIpc) is 2.74. The highest BCUT2D eigenvalue weighted by Gasteiger charge is 2.12. The van der Waals surface area contributed by atoms with E-state index in [-0.39, 0.29) is 0 Å². The lowest BCUT2D eigenvalue weighted by Crippen LogP contribution is -2.08. The van der Waals surface area contributed by atoms with Gasteiger partial charge in [-0.15, -0.1) is 0 Å². The van der Waals surface area contributed by atoms with E-state index in [1.165, 1.54) is 5.56 Å². The first kappa shape index (κ1) is 13.4. The van der Waals surface area contributed by atoms with E-state index in [1.54, 1.807) is 0 Å². The van der Waals surface area contributed by atoms with Crippen molar-refractivity contribution in [2.75, 3.05) is 0 Å². The van der Waals surface area contributed by atoms with Crippen molar-refractivity contribution in [1.82, 2.24) is 9.55 Å². The molecule has 0 radical (unpaired) electrons. The zero-order valence-corrected chi connectivity index (χ0v) is 12.7. The third-order valence-corrected chi connectivity index (χ3v) is 4.03. The molecular formula is C16H15ClN2S. The van der Waals surface area contributed by atoms with Crippen molar-refractivity contribution < 1.29 is 0 Å². The van der Waals surface area contributed by atoms with Gasteiger partial charge in [0.05, 0.1) is 11.0 Å². The minimum absolute atomic E-state index is 0.292. The molecule has 1 atom stereocenters. The molecule has 2 aromatic carbocycles.